The van der Waals surface area contributed by atoms with Crippen molar-refractivity contribution in [3.63, 3.8) is 0 Å². The molecule has 0 unspecified atom stereocenters. The van der Waals surface area contributed by atoms with E-state index in [-0.39, 0.29) is 17.7 Å². The van der Waals surface area contributed by atoms with Crippen molar-refractivity contribution in [2.24, 2.45) is 11.7 Å². The first-order valence-electron chi connectivity index (χ1n) is 6.95. The lowest BCUT2D eigenvalue weighted by atomic mass is 9.79. The molecule has 0 amide bonds. The molecule has 0 fully saturated rings. The molecule has 98 valence electrons. The molecule has 1 aliphatic rings. The highest BCUT2D eigenvalue weighted by Crippen LogP contribution is 2.34. The number of ketones is 1. The Bertz CT molecular complexity index is 425. The van der Waals surface area contributed by atoms with Crippen molar-refractivity contribution in [3.8, 4) is 0 Å². The van der Waals surface area contributed by atoms with Gasteiger partial charge in [-0.05, 0) is 42.2 Å². The molecule has 0 aliphatic heterocycles. The zero-order valence-corrected chi connectivity index (χ0v) is 11.4. The van der Waals surface area contributed by atoms with Crippen LogP contribution in [-0.2, 0) is 11.2 Å². The largest absolute Gasteiger partial charge is 0.321 e. The van der Waals surface area contributed by atoms with Crippen molar-refractivity contribution in [3.05, 3.63) is 35.4 Å². The van der Waals surface area contributed by atoms with E-state index in [0.29, 0.717) is 12.3 Å². The van der Waals surface area contributed by atoms with Crippen LogP contribution in [-0.4, -0.2) is 11.8 Å². The topological polar surface area (TPSA) is 43.1 Å². The van der Waals surface area contributed by atoms with E-state index in [0.717, 1.165) is 12.8 Å². The average molecular weight is 245 g/mol. The summed E-state index contributed by atoms with van der Waals surface area (Å²) in [5.74, 6) is 0.829. The molecule has 2 rings (SSSR count). The van der Waals surface area contributed by atoms with Gasteiger partial charge in [0.05, 0.1) is 6.04 Å². The molecule has 2 N–H and O–H groups in total. The Hall–Kier alpha value is -1.15. The zero-order chi connectivity index (χ0) is 13.1. The third-order valence-electron chi connectivity index (χ3n) is 4.03. The molecule has 0 spiro atoms. The van der Waals surface area contributed by atoms with Crippen LogP contribution >= 0.6 is 0 Å². The molecule has 0 bridgehead atoms. The predicted octanol–water partition coefficient (Wildman–Crippen LogP) is 3.05. The molecular weight excluding hydrogens is 222 g/mol. The zero-order valence-electron chi connectivity index (χ0n) is 11.4. The van der Waals surface area contributed by atoms with Gasteiger partial charge in [0.2, 0.25) is 0 Å². The molecule has 18 heavy (non-hydrogen) atoms. The lowest BCUT2D eigenvalue weighted by Crippen LogP contribution is -2.36. The van der Waals surface area contributed by atoms with Gasteiger partial charge >= 0.3 is 0 Å². The van der Waals surface area contributed by atoms with Crippen LogP contribution in [0.3, 0.4) is 0 Å². The molecule has 2 atom stereocenters. The summed E-state index contributed by atoms with van der Waals surface area (Å²) in [7, 11) is 0. The Morgan fingerprint density at radius 3 is 2.83 bits per heavy atom. The van der Waals surface area contributed by atoms with Gasteiger partial charge in [0.15, 0.2) is 0 Å². The lowest BCUT2D eigenvalue weighted by Gasteiger charge is -2.26. The number of Topliss-reactive ketones (excluding diaryl/α,β-unsaturated/α-hetero) is 1. The smallest absolute Gasteiger partial charge is 0.150 e. The minimum Gasteiger partial charge on any atom is -0.321 e. The van der Waals surface area contributed by atoms with Crippen molar-refractivity contribution >= 4 is 5.78 Å². The van der Waals surface area contributed by atoms with Gasteiger partial charge in [-0.3, -0.25) is 4.79 Å². The summed E-state index contributed by atoms with van der Waals surface area (Å²) in [5.41, 5.74) is 8.73. The van der Waals surface area contributed by atoms with E-state index < -0.39 is 0 Å². The third kappa shape index (κ3) is 2.81. The first kappa shape index (κ1) is 13.3. The fourth-order valence-corrected chi connectivity index (χ4v) is 2.82. The van der Waals surface area contributed by atoms with Gasteiger partial charge in [-0.2, -0.15) is 0 Å². The van der Waals surface area contributed by atoms with E-state index in [2.05, 4.69) is 24.3 Å². The van der Waals surface area contributed by atoms with Crippen LogP contribution in [0.15, 0.2) is 24.3 Å². The molecule has 1 aromatic carbocycles. The summed E-state index contributed by atoms with van der Waals surface area (Å²) in [4.78, 5) is 12.1. The summed E-state index contributed by atoms with van der Waals surface area (Å²) >= 11 is 0. The van der Waals surface area contributed by atoms with Crippen molar-refractivity contribution in [1.82, 2.24) is 0 Å². The van der Waals surface area contributed by atoms with Crippen LogP contribution in [0.5, 0.6) is 0 Å². The van der Waals surface area contributed by atoms with Crippen LogP contribution in [0, 0.1) is 5.92 Å². The summed E-state index contributed by atoms with van der Waals surface area (Å²) in [6, 6.07) is 8.22. The number of carbonyl (C=O) groups excluding carboxylic acids is 1. The highest BCUT2D eigenvalue weighted by Gasteiger charge is 2.25. The third-order valence-corrected chi connectivity index (χ3v) is 4.03. The maximum Gasteiger partial charge on any atom is 0.150 e. The molecule has 1 aliphatic carbocycles. The van der Waals surface area contributed by atoms with E-state index in [9.17, 15) is 4.79 Å². The van der Waals surface area contributed by atoms with Gasteiger partial charge in [-0.25, -0.2) is 0 Å². The number of fused-ring (bicyclic) bond motifs is 1. The molecule has 0 saturated heterocycles. The van der Waals surface area contributed by atoms with E-state index in [1.54, 1.807) is 0 Å². The van der Waals surface area contributed by atoms with Gasteiger partial charge in [-0.15, -0.1) is 0 Å². The number of nitrogens with two attached hydrogens (primary N) is 1. The number of hydrogen-bond donors (Lipinski definition) is 1. The maximum atomic E-state index is 12.1. The Balaban J connectivity index is 2.10. The van der Waals surface area contributed by atoms with Crippen molar-refractivity contribution in [1.29, 1.82) is 0 Å². The van der Waals surface area contributed by atoms with Crippen LogP contribution in [0.2, 0.25) is 0 Å². The van der Waals surface area contributed by atoms with E-state index in [1.165, 1.54) is 17.5 Å². The molecule has 0 radical (unpaired) electrons. The fourth-order valence-electron chi connectivity index (χ4n) is 2.82. The van der Waals surface area contributed by atoms with E-state index >= 15 is 0 Å². The SMILES string of the molecule is CC(C)[C@@H](N)C(=O)C[C@@H]1CCCc2ccccc21. The molecule has 0 heterocycles. The van der Waals surface area contributed by atoms with Crippen LogP contribution in [0.25, 0.3) is 0 Å². The number of rotatable bonds is 4. The Kier molecular flexibility index (Phi) is 4.18. The molecular formula is C16H23NO. The Labute approximate surface area is 110 Å². The Morgan fingerprint density at radius 1 is 1.39 bits per heavy atom. The lowest BCUT2D eigenvalue weighted by molar-refractivity contribution is -0.121. The number of carbonyl (C=O) groups is 1. The minimum atomic E-state index is -0.306. The van der Waals surface area contributed by atoms with Crippen molar-refractivity contribution in [2.45, 2.75) is 51.5 Å². The second-order valence-corrected chi connectivity index (χ2v) is 5.73. The fraction of sp³-hybridized carbons (Fsp3) is 0.562. The molecule has 2 nitrogen and oxygen atoms in total. The molecule has 0 saturated carbocycles. The van der Waals surface area contributed by atoms with Gasteiger partial charge in [-0.1, -0.05) is 38.1 Å². The van der Waals surface area contributed by atoms with Crippen LogP contribution in [0.4, 0.5) is 0 Å². The van der Waals surface area contributed by atoms with Gasteiger partial charge in [0.1, 0.15) is 5.78 Å². The minimum absolute atomic E-state index is 0.215. The van der Waals surface area contributed by atoms with E-state index in [4.69, 9.17) is 5.73 Å². The van der Waals surface area contributed by atoms with Crippen LogP contribution < -0.4 is 5.73 Å². The second kappa shape index (κ2) is 5.66. The highest BCUT2D eigenvalue weighted by atomic mass is 16.1. The first-order valence-corrected chi connectivity index (χ1v) is 6.95. The van der Waals surface area contributed by atoms with Crippen molar-refractivity contribution < 1.29 is 4.79 Å². The average Bonchev–Trinajstić information content (AvgIpc) is 2.38. The van der Waals surface area contributed by atoms with Gasteiger partial charge < -0.3 is 5.73 Å². The van der Waals surface area contributed by atoms with Crippen LogP contribution in [0.1, 0.15) is 50.2 Å². The number of benzene rings is 1. The summed E-state index contributed by atoms with van der Waals surface area (Å²) in [6.07, 6.45) is 4.06. The highest BCUT2D eigenvalue weighted by molar-refractivity contribution is 5.84. The standard InChI is InChI=1S/C16H23NO/c1-11(2)16(17)15(18)10-13-8-5-7-12-6-3-4-9-14(12)13/h3-4,6,9,11,13,16H,5,7-8,10,17H2,1-2H3/t13-,16+/m0/s1. The van der Waals surface area contributed by atoms with Crippen molar-refractivity contribution in [2.75, 3.05) is 0 Å². The monoisotopic (exact) mass is 245 g/mol. The molecule has 1 aromatic rings. The Morgan fingerprint density at radius 2 is 2.11 bits per heavy atom. The maximum absolute atomic E-state index is 12.1. The summed E-state index contributed by atoms with van der Waals surface area (Å²) < 4.78 is 0. The molecule has 2 heteroatoms. The summed E-state index contributed by atoms with van der Waals surface area (Å²) in [6.45, 7) is 4.02. The van der Waals surface area contributed by atoms with E-state index in [1.807, 2.05) is 13.8 Å². The second-order valence-electron chi connectivity index (χ2n) is 5.73. The quantitative estimate of drug-likeness (QED) is 0.886. The van der Waals surface area contributed by atoms with Gasteiger partial charge in [0, 0.05) is 6.42 Å². The summed E-state index contributed by atoms with van der Waals surface area (Å²) in [5, 5.41) is 0. The first-order chi connectivity index (χ1) is 8.59. The van der Waals surface area contributed by atoms with Gasteiger partial charge in [0.25, 0.3) is 0 Å². The number of aryl methyl sites for hydroxylation is 1. The molecule has 0 aromatic heterocycles. The number of hydrogen-bond acceptors (Lipinski definition) is 2. The predicted molar refractivity (Wildman–Crippen MR) is 74.6 cm³/mol. The normalized spacial score (nSPS) is 20.6.